The second-order valence-corrected chi connectivity index (χ2v) is 6.27. The molecule has 0 atom stereocenters. The number of aromatic nitrogens is 2. The van der Waals surface area contributed by atoms with Crippen LogP contribution < -0.4 is 5.32 Å². The first kappa shape index (κ1) is 16.4. The minimum absolute atomic E-state index is 0.473. The van der Waals surface area contributed by atoms with E-state index < -0.39 is 0 Å². The molecule has 5 rings (SSSR count). The third-order valence-corrected chi connectivity index (χ3v) is 4.47. The number of rotatable bonds is 7. The zero-order chi connectivity index (χ0) is 18.8. The van der Waals surface area contributed by atoms with Crippen LogP contribution >= 0.6 is 0 Å². The zero-order valence-corrected chi connectivity index (χ0v) is 14.9. The Morgan fingerprint density at radius 2 is 1.64 bits per heavy atom. The summed E-state index contributed by atoms with van der Waals surface area (Å²) >= 11 is 0. The average Bonchev–Trinajstić information content (AvgIpc) is 3.51. The van der Waals surface area contributed by atoms with E-state index in [9.17, 15) is 0 Å². The monoisotopic (exact) mass is 375 g/mol. The molecule has 0 aliphatic rings. The average molecular weight is 375 g/mol. The third kappa shape index (κ3) is 2.96. The van der Waals surface area contributed by atoms with Gasteiger partial charge in [0.15, 0.2) is 11.5 Å². The molecule has 5 heterocycles. The van der Waals surface area contributed by atoms with Crippen LogP contribution in [0.4, 0.5) is 5.82 Å². The second-order valence-electron chi connectivity index (χ2n) is 6.27. The Bertz CT molecular complexity index is 1160. The molecule has 0 aliphatic carbocycles. The number of aryl methyl sites for hydroxylation is 1. The summed E-state index contributed by atoms with van der Waals surface area (Å²) in [5, 5.41) is 4.15. The van der Waals surface area contributed by atoms with Gasteiger partial charge < -0.3 is 23.0 Å². The second kappa shape index (κ2) is 7.11. The largest absolute Gasteiger partial charge is 0.469 e. The van der Waals surface area contributed by atoms with Crippen molar-refractivity contribution in [1.29, 1.82) is 0 Å². The minimum Gasteiger partial charge on any atom is -0.469 e. The van der Waals surface area contributed by atoms with Crippen molar-refractivity contribution >= 4 is 16.9 Å². The van der Waals surface area contributed by atoms with E-state index in [-0.39, 0.29) is 0 Å². The first-order valence-corrected chi connectivity index (χ1v) is 9.01. The summed E-state index contributed by atoms with van der Waals surface area (Å²) < 4.78 is 22.6. The Morgan fingerprint density at radius 1 is 0.857 bits per heavy atom. The van der Waals surface area contributed by atoms with Crippen molar-refractivity contribution in [1.82, 2.24) is 9.97 Å². The summed E-state index contributed by atoms with van der Waals surface area (Å²) in [5.74, 6) is 3.49. The summed E-state index contributed by atoms with van der Waals surface area (Å²) in [7, 11) is 0. The van der Waals surface area contributed by atoms with E-state index in [1.807, 2.05) is 36.4 Å². The Hall–Kier alpha value is -3.74. The standard InChI is InChI=1S/C21H17N3O4/c1(5-14-6-2-10-25-14)9-22-20-18-17(15-7-3-11-26-15)19(16-8-4-12-27-16)28-21(18)24-13-23-20/h2-4,6-8,10-13H,1,5,9H2,(H,22,23,24). The van der Waals surface area contributed by atoms with Crippen molar-refractivity contribution in [2.75, 3.05) is 11.9 Å². The molecule has 0 spiro atoms. The third-order valence-electron chi connectivity index (χ3n) is 4.47. The van der Waals surface area contributed by atoms with E-state index in [1.165, 1.54) is 6.33 Å². The molecule has 0 saturated heterocycles. The molecule has 0 saturated carbocycles. The maximum Gasteiger partial charge on any atom is 0.232 e. The summed E-state index contributed by atoms with van der Waals surface area (Å²) in [6.45, 7) is 0.728. The van der Waals surface area contributed by atoms with E-state index in [0.717, 1.165) is 36.1 Å². The van der Waals surface area contributed by atoms with Gasteiger partial charge in [0.25, 0.3) is 0 Å². The van der Waals surface area contributed by atoms with Crippen LogP contribution in [0.3, 0.4) is 0 Å². The molecule has 0 aliphatic heterocycles. The lowest BCUT2D eigenvalue weighted by molar-refractivity contribution is 0.504. The molecule has 0 fully saturated rings. The minimum atomic E-state index is 0.473. The van der Waals surface area contributed by atoms with Crippen LogP contribution in [0.25, 0.3) is 33.9 Å². The van der Waals surface area contributed by atoms with Crippen LogP contribution in [0.2, 0.25) is 0 Å². The van der Waals surface area contributed by atoms with Crippen LogP contribution in [0.5, 0.6) is 0 Å². The maximum absolute atomic E-state index is 6.01. The van der Waals surface area contributed by atoms with E-state index in [2.05, 4.69) is 15.3 Å². The van der Waals surface area contributed by atoms with Gasteiger partial charge in [-0.3, -0.25) is 0 Å². The van der Waals surface area contributed by atoms with Crippen molar-refractivity contribution in [3.05, 3.63) is 67.3 Å². The normalized spacial score (nSPS) is 11.3. The van der Waals surface area contributed by atoms with Gasteiger partial charge >= 0.3 is 0 Å². The summed E-state index contributed by atoms with van der Waals surface area (Å²) in [5.41, 5.74) is 1.24. The van der Waals surface area contributed by atoms with Gasteiger partial charge in [0.05, 0.1) is 29.7 Å². The fraction of sp³-hybridized carbons (Fsp3) is 0.143. The van der Waals surface area contributed by atoms with Gasteiger partial charge in [0.2, 0.25) is 5.71 Å². The lowest BCUT2D eigenvalue weighted by Gasteiger charge is -2.06. The van der Waals surface area contributed by atoms with Crippen LogP contribution in [-0.4, -0.2) is 16.5 Å². The van der Waals surface area contributed by atoms with Gasteiger partial charge in [-0.05, 0) is 42.8 Å². The first-order chi connectivity index (χ1) is 13.9. The molecule has 1 N–H and O–H groups in total. The zero-order valence-electron chi connectivity index (χ0n) is 14.9. The number of hydrogen-bond acceptors (Lipinski definition) is 7. The number of fused-ring (bicyclic) bond motifs is 1. The van der Waals surface area contributed by atoms with E-state index in [4.69, 9.17) is 17.7 Å². The SMILES string of the molecule is c1coc(CCCNc2ncnc3oc(-c4ccco4)c(-c4ccco4)c23)c1. The molecule has 28 heavy (non-hydrogen) atoms. The fourth-order valence-electron chi connectivity index (χ4n) is 3.23. The quantitative estimate of drug-likeness (QED) is 0.382. The van der Waals surface area contributed by atoms with E-state index in [1.54, 1.807) is 18.8 Å². The van der Waals surface area contributed by atoms with Gasteiger partial charge in [-0.2, -0.15) is 0 Å². The highest BCUT2D eigenvalue weighted by Crippen LogP contribution is 2.42. The Morgan fingerprint density at radius 3 is 2.39 bits per heavy atom. The Kier molecular flexibility index (Phi) is 4.17. The molecule has 0 radical (unpaired) electrons. The smallest absolute Gasteiger partial charge is 0.232 e. The number of furan rings is 4. The molecule has 0 unspecified atom stereocenters. The number of hydrogen-bond donors (Lipinski definition) is 1. The molecule has 0 bridgehead atoms. The molecular formula is C21H17N3O4. The predicted molar refractivity (Wildman–Crippen MR) is 103 cm³/mol. The highest BCUT2D eigenvalue weighted by molar-refractivity contribution is 6.04. The molecule has 7 nitrogen and oxygen atoms in total. The van der Waals surface area contributed by atoms with Crippen LogP contribution in [0, 0.1) is 0 Å². The van der Waals surface area contributed by atoms with Crippen molar-refractivity contribution in [2.24, 2.45) is 0 Å². The van der Waals surface area contributed by atoms with Crippen molar-refractivity contribution in [3.8, 4) is 22.8 Å². The highest BCUT2D eigenvalue weighted by Gasteiger charge is 2.25. The predicted octanol–water partition coefficient (Wildman–Crippen LogP) is 5.38. The van der Waals surface area contributed by atoms with Crippen molar-refractivity contribution < 1.29 is 17.7 Å². The molecule has 5 aromatic rings. The molecule has 0 aromatic carbocycles. The van der Waals surface area contributed by atoms with Gasteiger partial charge in [-0.25, -0.2) is 9.97 Å². The van der Waals surface area contributed by atoms with Gasteiger partial charge in [0, 0.05) is 13.0 Å². The number of nitrogens with zero attached hydrogens (tertiary/aromatic N) is 2. The Labute approximate surface area is 160 Å². The van der Waals surface area contributed by atoms with Crippen LogP contribution in [0.15, 0.2) is 79.2 Å². The Balaban J connectivity index is 1.51. The van der Waals surface area contributed by atoms with E-state index in [0.29, 0.717) is 28.8 Å². The first-order valence-electron chi connectivity index (χ1n) is 9.01. The summed E-state index contributed by atoms with van der Waals surface area (Å²) in [6, 6.07) is 11.2. The number of anilines is 1. The maximum atomic E-state index is 6.01. The molecule has 5 aromatic heterocycles. The molecule has 7 heteroatoms. The summed E-state index contributed by atoms with van der Waals surface area (Å²) in [4.78, 5) is 8.72. The van der Waals surface area contributed by atoms with Gasteiger partial charge in [-0.15, -0.1) is 0 Å². The number of nitrogens with one attached hydrogen (secondary N) is 1. The lowest BCUT2D eigenvalue weighted by Crippen LogP contribution is -2.05. The summed E-state index contributed by atoms with van der Waals surface area (Å²) in [6.07, 6.45) is 8.15. The van der Waals surface area contributed by atoms with Crippen molar-refractivity contribution in [3.63, 3.8) is 0 Å². The highest BCUT2D eigenvalue weighted by atomic mass is 16.4. The molecular weight excluding hydrogens is 358 g/mol. The van der Waals surface area contributed by atoms with Gasteiger partial charge in [-0.1, -0.05) is 0 Å². The topological polar surface area (TPSA) is 90.4 Å². The fourth-order valence-corrected chi connectivity index (χ4v) is 3.23. The molecule has 140 valence electrons. The lowest BCUT2D eigenvalue weighted by atomic mass is 10.1. The van der Waals surface area contributed by atoms with Crippen molar-refractivity contribution in [2.45, 2.75) is 12.8 Å². The van der Waals surface area contributed by atoms with Crippen LogP contribution in [-0.2, 0) is 6.42 Å². The van der Waals surface area contributed by atoms with Gasteiger partial charge in [0.1, 0.15) is 23.7 Å². The van der Waals surface area contributed by atoms with E-state index >= 15 is 0 Å². The molecule has 0 amide bonds. The van der Waals surface area contributed by atoms with Crippen LogP contribution in [0.1, 0.15) is 12.2 Å².